The van der Waals surface area contributed by atoms with E-state index in [0.717, 1.165) is 0 Å². The molecular formula is C13H12F17NO4S. The van der Waals surface area contributed by atoms with E-state index in [1.807, 2.05) is 0 Å². The molecule has 0 spiro atoms. The van der Waals surface area contributed by atoms with Crippen molar-refractivity contribution in [1.82, 2.24) is 4.72 Å². The van der Waals surface area contributed by atoms with Crippen molar-refractivity contribution in [2.75, 3.05) is 13.7 Å². The van der Waals surface area contributed by atoms with Crippen LogP contribution in [0.3, 0.4) is 0 Å². The van der Waals surface area contributed by atoms with Crippen molar-refractivity contribution >= 4 is 16.0 Å². The van der Waals surface area contributed by atoms with Gasteiger partial charge in [0.25, 0.3) is 10.0 Å². The van der Waals surface area contributed by atoms with Crippen LogP contribution in [0.15, 0.2) is 0 Å². The normalized spacial score (nSPS) is 15.2. The highest BCUT2D eigenvalue weighted by Gasteiger charge is 2.96. The minimum Gasteiger partial charge on any atom is -0.466 e. The number of ether oxygens (including phenoxy) is 1. The van der Waals surface area contributed by atoms with E-state index >= 15 is 0 Å². The van der Waals surface area contributed by atoms with E-state index in [0.29, 0.717) is 6.61 Å². The first-order valence-corrected chi connectivity index (χ1v) is 9.59. The average molecular weight is 601 g/mol. The molecule has 0 rings (SSSR count). The zero-order valence-electron chi connectivity index (χ0n) is 17.2. The molecule has 0 aromatic heterocycles. The van der Waals surface area contributed by atoms with Crippen LogP contribution in [0.4, 0.5) is 74.6 Å². The molecule has 36 heavy (non-hydrogen) atoms. The van der Waals surface area contributed by atoms with Gasteiger partial charge in [0, 0.05) is 6.92 Å². The molecule has 0 saturated carbocycles. The Morgan fingerprint density at radius 2 is 0.917 bits per heavy atom. The van der Waals surface area contributed by atoms with Gasteiger partial charge in [-0.2, -0.15) is 74.6 Å². The number of esters is 1. The van der Waals surface area contributed by atoms with Crippen LogP contribution in [0.1, 0.15) is 13.8 Å². The third-order valence-electron chi connectivity index (χ3n) is 3.65. The number of sulfonamides is 1. The van der Waals surface area contributed by atoms with Crippen molar-refractivity contribution in [3.8, 4) is 0 Å². The third-order valence-corrected chi connectivity index (χ3v) is 5.12. The Bertz CT molecular complexity index is 881. The lowest BCUT2D eigenvalue weighted by Gasteiger charge is -2.42. The molecule has 0 aliphatic carbocycles. The average Bonchev–Trinajstić information content (AvgIpc) is 2.66. The molecule has 0 fully saturated rings. The SMILES string of the molecule is CCOC(C)=O.CNS(=O)(=O)C(F)(F)C(F)(F)C(F)(F)C(F)(F)C(F)(F)C(F)(F)C(F)(F)C(F)(F)F. The molecule has 0 atom stereocenters. The number of hydrogen-bond acceptors (Lipinski definition) is 4. The summed E-state index contributed by atoms with van der Waals surface area (Å²) in [4.78, 5) is 9.82. The second kappa shape index (κ2) is 10.2. The van der Waals surface area contributed by atoms with Crippen LogP contribution in [0.2, 0.25) is 0 Å². The molecule has 0 aliphatic rings. The van der Waals surface area contributed by atoms with Crippen LogP contribution in [-0.2, 0) is 19.6 Å². The fraction of sp³-hybridized carbons (Fsp3) is 0.923. The first-order chi connectivity index (χ1) is 15.3. The van der Waals surface area contributed by atoms with Gasteiger partial charge in [-0.05, 0) is 14.0 Å². The van der Waals surface area contributed by atoms with Crippen molar-refractivity contribution < 1.29 is 92.6 Å². The molecule has 0 aromatic carbocycles. The molecule has 23 heteroatoms. The van der Waals surface area contributed by atoms with Crippen LogP contribution >= 0.6 is 0 Å². The summed E-state index contributed by atoms with van der Waals surface area (Å²) < 4.78 is 244. The fourth-order valence-corrected chi connectivity index (χ4v) is 2.37. The van der Waals surface area contributed by atoms with Gasteiger partial charge in [0.05, 0.1) is 6.61 Å². The zero-order chi connectivity index (χ0) is 30.2. The number of hydrogen-bond donors (Lipinski definition) is 1. The highest BCUT2D eigenvalue weighted by atomic mass is 32.2. The Morgan fingerprint density at radius 1 is 0.639 bits per heavy atom. The fourth-order valence-electron chi connectivity index (χ4n) is 1.65. The first-order valence-electron chi connectivity index (χ1n) is 8.11. The summed E-state index contributed by atoms with van der Waals surface area (Å²) in [6.07, 6.45) is -7.85. The summed E-state index contributed by atoms with van der Waals surface area (Å²) in [5, 5.41) is -7.50. The topological polar surface area (TPSA) is 72.5 Å². The summed E-state index contributed by atoms with van der Waals surface area (Å²) in [5.74, 6) is -51.6. The van der Waals surface area contributed by atoms with Crippen LogP contribution in [0, 0.1) is 0 Å². The molecule has 5 nitrogen and oxygen atoms in total. The van der Waals surface area contributed by atoms with Gasteiger partial charge in [-0.15, -0.1) is 0 Å². The second-order valence-corrected chi connectivity index (χ2v) is 8.02. The van der Waals surface area contributed by atoms with Gasteiger partial charge in [-0.25, -0.2) is 13.1 Å². The summed E-state index contributed by atoms with van der Waals surface area (Å²) in [6.45, 7) is 3.65. The molecule has 0 amide bonds. The van der Waals surface area contributed by atoms with Crippen LogP contribution < -0.4 is 4.72 Å². The van der Waals surface area contributed by atoms with E-state index in [-0.39, 0.29) is 17.7 Å². The largest absolute Gasteiger partial charge is 0.466 e. The number of carbonyl (C=O) groups is 1. The molecule has 1 N–H and O–H groups in total. The number of nitrogens with one attached hydrogen (secondary N) is 1. The van der Waals surface area contributed by atoms with Gasteiger partial charge in [-0.1, -0.05) is 0 Å². The van der Waals surface area contributed by atoms with E-state index in [4.69, 9.17) is 0 Å². The molecular weight excluding hydrogens is 589 g/mol. The summed E-state index contributed by atoms with van der Waals surface area (Å²) in [7, 11) is -7.36. The maximum Gasteiger partial charge on any atom is 0.460 e. The van der Waals surface area contributed by atoms with Crippen molar-refractivity contribution in [2.45, 2.75) is 60.8 Å². The van der Waals surface area contributed by atoms with Crippen molar-refractivity contribution in [3.63, 3.8) is 0 Å². The maximum absolute atomic E-state index is 13.2. The smallest absolute Gasteiger partial charge is 0.460 e. The first kappa shape index (κ1) is 36.3. The van der Waals surface area contributed by atoms with Crippen molar-refractivity contribution in [1.29, 1.82) is 0 Å². The molecule has 0 saturated heterocycles. The van der Waals surface area contributed by atoms with Crippen molar-refractivity contribution in [3.05, 3.63) is 0 Å². The minimum atomic E-state index is -8.81. The molecule has 0 radical (unpaired) electrons. The Morgan fingerprint density at radius 3 is 1.11 bits per heavy atom. The van der Waals surface area contributed by atoms with Gasteiger partial charge in [0.2, 0.25) is 0 Å². The van der Waals surface area contributed by atoms with Gasteiger partial charge in [0.15, 0.2) is 0 Å². The number of carbonyl (C=O) groups excluding carboxylic acids is 1. The summed E-state index contributed by atoms with van der Waals surface area (Å²) in [6, 6.07) is 0. The molecule has 0 aromatic rings. The van der Waals surface area contributed by atoms with Gasteiger partial charge in [0.1, 0.15) is 0 Å². The summed E-state index contributed by atoms with van der Waals surface area (Å²) in [5.41, 5.74) is 0. The highest BCUT2D eigenvalue weighted by Crippen LogP contribution is 2.64. The number of halogens is 17. The Hall–Kier alpha value is -1.81. The van der Waals surface area contributed by atoms with E-state index in [1.54, 1.807) is 6.92 Å². The monoisotopic (exact) mass is 601 g/mol. The predicted molar refractivity (Wildman–Crippen MR) is 81.0 cm³/mol. The van der Waals surface area contributed by atoms with Crippen molar-refractivity contribution in [2.24, 2.45) is 0 Å². The molecule has 218 valence electrons. The standard InChI is InChI=1S/C9H4F17NO2S.C4H8O2/c1-27-30(28,29)9(25,26)7(20,21)5(16,17)3(12,13)2(10,11)4(14,15)6(18,19)8(22,23)24;1-3-6-4(2)5/h27H,1H3;3H2,1-2H3. The lowest BCUT2D eigenvalue weighted by atomic mass is 9.91. The Labute approximate surface area is 189 Å². The maximum atomic E-state index is 13.2. The summed E-state index contributed by atoms with van der Waals surface area (Å²) >= 11 is 0. The van der Waals surface area contributed by atoms with Gasteiger partial charge in [-0.3, -0.25) is 4.79 Å². The second-order valence-electron chi connectivity index (χ2n) is 6.09. The van der Waals surface area contributed by atoms with E-state index in [2.05, 4.69) is 4.74 Å². The highest BCUT2D eigenvalue weighted by molar-refractivity contribution is 7.90. The number of rotatable bonds is 9. The van der Waals surface area contributed by atoms with E-state index in [1.165, 1.54) is 6.92 Å². The number of alkyl halides is 17. The van der Waals surface area contributed by atoms with Gasteiger partial charge < -0.3 is 4.74 Å². The van der Waals surface area contributed by atoms with Crippen LogP contribution in [0.25, 0.3) is 0 Å². The zero-order valence-corrected chi connectivity index (χ0v) is 18.0. The Balaban J connectivity index is 0. The molecule has 0 heterocycles. The Kier molecular flexibility index (Phi) is 10.3. The lowest BCUT2D eigenvalue weighted by molar-refractivity contribution is -0.458. The quantitative estimate of drug-likeness (QED) is 0.296. The van der Waals surface area contributed by atoms with E-state index < -0.39 is 57.0 Å². The minimum absolute atomic E-state index is 0.184. The molecule has 0 unspecified atom stereocenters. The predicted octanol–water partition coefficient (Wildman–Crippen LogP) is 5.07. The van der Waals surface area contributed by atoms with E-state index in [9.17, 15) is 87.8 Å². The molecule has 0 bridgehead atoms. The lowest BCUT2D eigenvalue weighted by Crippen LogP contribution is -2.75. The van der Waals surface area contributed by atoms with Crippen LogP contribution in [-0.4, -0.2) is 75.0 Å². The van der Waals surface area contributed by atoms with Gasteiger partial charge >= 0.3 is 52.9 Å². The van der Waals surface area contributed by atoms with Crippen LogP contribution in [0.5, 0.6) is 0 Å². The molecule has 0 aliphatic heterocycles. The third kappa shape index (κ3) is 5.39.